The third-order valence-corrected chi connectivity index (χ3v) is 2.89. The Hall–Kier alpha value is -0.610. The van der Waals surface area contributed by atoms with Crippen LogP contribution in [0.2, 0.25) is 0 Å². The lowest BCUT2D eigenvalue weighted by atomic mass is 10.0. The summed E-state index contributed by atoms with van der Waals surface area (Å²) in [5.74, 6) is 0.430. The van der Waals surface area contributed by atoms with Gasteiger partial charge in [-0.3, -0.25) is 4.79 Å². The Morgan fingerprint density at radius 1 is 1.71 bits per heavy atom. The number of hydrogen-bond donors (Lipinski definition) is 2. The first-order valence-electron chi connectivity index (χ1n) is 5.33. The Kier molecular flexibility index (Phi) is 4.35. The SMILES string of the molecule is CCC(CN)CC(=O)N1CC[C@@H](O)C1. The third-order valence-electron chi connectivity index (χ3n) is 2.89. The Morgan fingerprint density at radius 2 is 2.43 bits per heavy atom. The van der Waals surface area contributed by atoms with E-state index >= 15 is 0 Å². The lowest BCUT2D eigenvalue weighted by Crippen LogP contribution is -2.32. The maximum absolute atomic E-state index is 11.7. The molecule has 1 aliphatic rings. The highest BCUT2D eigenvalue weighted by Gasteiger charge is 2.25. The molecule has 0 aromatic carbocycles. The zero-order valence-corrected chi connectivity index (χ0v) is 8.78. The fraction of sp³-hybridized carbons (Fsp3) is 0.900. The molecule has 1 heterocycles. The van der Waals surface area contributed by atoms with Crippen molar-refractivity contribution in [3.8, 4) is 0 Å². The summed E-state index contributed by atoms with van der Waals surface area (Å²) < 4.78 is 0. The van der Waals surface area contributed by atoms with Crippen molar-refractivity contribution in [3.05, 3.63) is 0 Å². The van der Waals surface area contributed by atoms with E-state index in [0.717, 1.165) is 6.42 Å². The third kappa shape index (κ3) is 2.96. The summed E-state index contributed by atoms with van der Waals surface area (Å²) >= 11 is 0. The Morgan fingerprint density at radius 3 is 2.86 bits per heavy atom. The first kappa shape index (κ1) is 11.5. The molecule has 4 heteroatoms. The summed E-state index contributed by atoms with van der Waals surface area (Å²) in [5, 5.41) is 9.28. The summed E-state index contributed by atoms with van der Waals surface area (Å²) in [6, 6.07) is 0. The molecule has 0 aromatic heterocycles. The van der Waals surface area contributed by atoms with Gasteiger partial charge in [-0.05, 0) is 18.9 Å². The number of nitrogens with zero attached hydrogens (tertiary/aromatic N) is 1. The standard InChI is InChI=1S/C10H20N2O2/c1-2-8(6-11)5-10(14)12-4-3-9(13)7-12/h8-9,13H,2-7,11H2,1H3/t8?,9-/m1/s1. The van der Waals surface area contributed by atoms with E-state index in [1.54, 1.807) is 4.90 Å². The lowest BCUT2D eigenvalue weighted by molar-refractivity contribution is -0.131. The van der Waals surface area contributed by atoms with Crippen LogP contribution in [0.5, 0.6) is 0 Å². The Bertz CT molecular complexity index is 193. The zero-order chi connectivity index (χ0) is 10.6. The molecule has 1 rings (SSSR count). The second-order valence-corrected chi connectivity index (χ2v) is 4.00. The molecule has 82 valence electrons. The molecule has 0 aromatic rings. The number of likely N-dealkylation sites (tertiary alicyclic amines) is 1. The summed E-state index contributed by atoms with van der Waals surface area (Å²) in [6.45, 7) is 3.81. The minimum Gasteiger partial charge on any atom is -0.391 e. The van der Waals surface area contributed by atoms with Crippen molar-refractivity contribution in [1.82, 2.24) is 4.90 Å². The number of rotatable bonds is 4. The first-order chi connectivity index (χ1) is 6.67. The number of β-amino-alcohol motifs (C(OH)–C–C–N with tert-alkyl or cyclic N) is 1. The van der Waals surface area contributed by atoms with Crippen LogP contribution in [0.1, 0.15) is 26.2 Å². The zero-order valence-electron chi connectivity index (χ0n) is 8.78. The maximum Gasteiger partial charge on any atom is 0.222 e. The molecule has 0 radical (unpaired) electrons. The molecule has 1 aliphatic heterocycles. The average Bonchev–Trinajstić information content (AvgIpc) is 2.61. The van der Waals surface area contributed by atoms with Crippen LogP contribution in [0.4, 0.5) is 0 Å². The molecular formula is C10H20N2O2. The Balaban J connectivity index is 2.34. The van der Waals surface area contributed by atoms with Gasteiger partial charge in [0.2, 0.25) is 5.91 Å². The highest BCUT2D eigenvalue weighted by Crippen LogP contribution is 2.14. The number of aliphatic hydroxyl groups is 1. The van der Waals surface area contributed by atoms with Crippen LogP contribution in [0.25, 0.3) is 0 Å². The van der Waals surface area contributed by atoms with E-state index in [1.165, 1.54) is 0 Å². The van der Waals surface area contributed by atoms with E-state index in [2.05, 4.69) is 0 Å². The number of carbonyl (C=O) groups excluding carboxylic acids is 1. The molecule has 3 N–H and O–H groups in total. The molecule has 1 fully saturated rings. The number of carbonyl (C=O) groups is 1. The molecule has 1 saturated heterocycles. The van der Waals surface area contributed by atoms with Crippen LogP contribution in [0.3, 0.4) is 0 Å². The molecule has 1 unspecified atom stereocenters. The van der Waals surface area contributed by atoms with E-state index in [9.17, 15) is 9.90 Å². The van der Waals surface area contributed by atoms with Crippen molar-refractivity contribution in [1.29, 1.82) is 0 Å². The molecular weight excluding hydrogens is 180 g/mol. The first-order valence-corrected chi connectivity index (χ1v) is 5.33. The predicted molar refractivity (Wildman–Crippen MR) is 54.7 cm³/mol. The van der Waals surface area contributed by atoms with Crippen LogP contribution in [0.15, 0.2) is 0 Å². The minimum absolute atomic E-state index is 0.138. The van der Waals surface area contributed by atoms with Crippen molar-refractivity contribution in [2.24, 2.45) is 11.7 Å². The second kappa shape index (κ2) is 5.32. The largest absolute Gasteiger partial charge is 0.391 e. The topological polar surface area (TPSA) is 66.6 Å². The van der Waals surface area contributed by atoms with Crippen molar-refractivity contribution in [2.45, 2.75) is 32.3 Å². The molecule has 0 aliphatic carbocycles. The monoisotopic (exact) mass is 200 g/mol. The smallest absolute Gasteiger partial charge is 0.222 e. The summed E-state index contributed by atoms with van der Waals surface area (Å²) in [7, 11) is 0. The van der Waals surface area contributed by atoms with Gasteiger partial charge >= 0.3 is 0 Å². The molecule has 2 atom stereocenters. The summed E-state index contributed by atoms with van der Waals surface area (Å²) in [4.78, 5) is 13.4. The summed E-state index contributed by atoms with van der Waals surface area (Å²) in [5.41, 5.74) is 5.54. The molecule has 4 nitrogen and oxygen atoms in total. The average molecular weight is 200 g/mol. The molecule has 14 heavy (non-hydrogen) atoms. The van der Waals surface area contributed by atoms with Gasteiger partial charge in [0.15, 0.2) is 0 Å². The number of aliphatic hydroxyl groups excluding tert-OH is 1. The summed E-state index contributed by atoms with van der Waals surface area (Å²) in [6.07, 6.45) is 1.86. The normalized spacial score (nSPS) is 23.9. The number of nitrogens with two attached hydrogens (primary N) is 1. The van der Waals surface area contributed by atoms with Crippen molar-refractivity contribution >= 4 is 5.91 Å². The number of hydrogen-bond acceptors (Lipinski definition) is 3. The van der Waals surface area contributed by atoms with Crippen LogP contribution in [-0.4, -0.2) is 41.7 Å². The molecule has 0 bridgehead atoms. The molecule has 0 saturated carbocycles. The van der Waals surface area contributed by atoms with Crippen LogP contribution < -0.4 is 5.73 Å². The maximum atomic E-state index is 11.7. The number of amides is 1. The van der Waals surface area contributed by atoms with Gasteiger partial charge in [0.25, 0.3) is 0 Å². The van der Waals surface area contributed by atoms with Gasteiger partial charge in [-0.1, -0.05) is 13.3 Å². The molecule has 1 amide bonds. The quantitative estimate of drug-likeness (QED) is 0.669. The van der Waals surface area contributed by atoms with E-state index in [0.29, 0.717) is 38.4 Å². The van der Waals surface area contributed by atoms with Crippen LogP contribution >= 0.6 is 0 Å². The van der Waals surface area contributed by atoms with Gasteiger partial charge in [0, 0.05) is 19.5 Å². The van der Waals surface area contributed by atoms with Crippen LogP contribution in [0, 0.1) is 5.92 Å². The van der Waals surface area contributed by atoms with Gasteiger partial charge in [0.05, 0.1) is 6.10 Å². The van der Waals surface area contributed by atoms with E-state index < -0.39 is 0 Å². The van der Waals surface area contributed by atoms with Gasteiger partial charge < -0.3 is 15.7 Å². The van der Waals surface area contributed by atoms with Gasteiger partial charge in [-0.15, -0.1) is 0 Å². The van der Waals surface area contributed by atoms with E-state index in [-0.39, 0.29) is 12.0 Å². The fourth-order valence-electron chi connectivity index (χ4n) is 1.74. The van der Waals surface area contributed by atoms with E-state index in [4.69, 9.17) is 5.73 Å². The predicted octanol–water partition coefficient (Wildman–Crippen LogP) is -0.0454. The van der Waals surface area contributed by atoms with Gasteiger partial charge in [0.1, 0.15) is 0 Å². The van der Waals surface area contributed by atoms with Gasteiger partial charge in [-0.25, -0.2) is 0 Å². The van der Waals surface area contributed by atoms with E-state index in [1.807, 2.05) is 6.92 Å². The minimum atomic E-state index is -0.322. The lowest BCUT2D eigenvalue weighted by Gasteiger charge is -2.18. The van der Waals surface area contributed by atoms with Gasteiger partial charge in [-0.2, -0.15) is 0 Å². The van der Waals surface area contributed by atoms with Crippen molar-refractivity contribution in [2.75, 3.05) is 19.6 Å². The molecule has 0 spiro atoms. The van der Waals surface area contributed by atoms with Crippen LogP contribution in [-0.2, 0) is 4.79 Å². The Labute approximate surface area is 85.1 Å². The van der Waals surface area contributed by atoms with Crippen molar-refractivity contribution < 1.29 is 9.90 Å². The second-order valence-electron chi connectivity index (χ2n) is 4.00. The highest BCUT2D eigenvalue weighted by molar-refractivity contribution is 5.76. The highest BCUT2D eigenvalue weighted by atomic mass is 16.3. The fourth-order valence-corrected chi connectivity index (χ4v) is 1.74. The van der Waals surface area contributed by atoms with Crippen molar-refractivity contribution in [3.63, 3.8) is 0 Å².